The van der Waals surface area contributed by atoms with E-state index in [2.05, 4.69) is 20.8 Å². The van der Waals surface area contributed by atoms with Crippen LogP contribution in [0.4, 0.5) is 5.69 Å². The number of hydrogen-bond acceptors (Lipinski definition) is 5. The molecule has 1 aliphatic rings. The first-order chi connectivity index (χ1) is 14.0. The summed E-state index contributed by atoms with van der Waals surface area (Å²) in [5, 5.41) is 14.2. The van der Waals surface area contributed by atoms with Crippen molar-refractivity contribution < 1.29 is 9.59 Å². The fourth-order valence-electron chi connectivity index (χ4n) is 3.57. The van der Waals surface area contributed by atoms with Gasteiger partial charge in [0.15, 0.2) is 0 Å². The number of rotatable bonds is 4. The largest absolute Gasteiger partial charge is 0.326 e. The zero-order chi connectivity index (χ0) is 20.4. The first-order valence-electron chi connectivity index (χ1n) is 9.23. The number of nitrogens with one attached hydrogen (secondary N) is 1. The molecule has 1 aliphatic heterocycles. The number of carbonyl (C=O) groups is 2. The number of aromatic nitrogens is 4. The molecule has 0 saturated carbocycles. The van der Waals surface area contributed by atoms with E-state index >= 15 is 0 Å². The van der Waals surface area contributed by atoms with E-state index in [1.807, 2.05) is 55.5 Å². The fourth-order valence-corrected chi connectivity index (χ4v) is 3.57. The van der Waals surface area contributed by atoms with Crippen LogP contribution in [-0.4, -0.2) is 36.9 Å². The summed E-state index contributed by atoms with van der Waals surface area (Å²) in [7, 11) is 0. The Morgan fingerprint density at radius 2 is 1.97 bits per heavy atom. The maximum absolute atomic E-state index is 12.9. The molecule has 0 spiro atoms. The number of fused-ring (bicyclic) bond motifs is 1. The summed E-state index contributed by atoms with van der Waals surface area (Å²) in [4.78, 5) is 26.6. The molecule has 2 aromatic carbocycles. The molecule has 0 saturated heterocycles. The predicted molar refractivity (Wildman–Crippen MR) is 108 cm³/mol. The van der Waals surface area contributed by atoms with Gasteiger partial charge in [0.25, 0.3) is 0 Å². The highest BCUT2D eigenvalue weighted by atomic mass is 16.2. The van der Waals surface area contributed by atoms with Crippen molar-refractivity contribution in [2.45, 2.75) is 26.3 Å². The minimum Gasteiger partial charge on any atom is -0.326 e. The van der Waals surface area contributed by atoms with E-state index in [9.17, 15) is 9.59 Å². The Morgan fingerprint density at radius 3 is 2.72 bits per heavy atom. The van der Waals surface area contributed by atoms with Crippen LogP contribution in [0, 0.1) is 6.92 Å². The van der Waals surface area contributed by atoms with Crippen molar-refractivity contribution >= 4 is 23.6 Å². The Bertz CT molecular complexity index is 1090. The summed E-state index contributed by atoms with van der Waals surface area (Å²) >= 11 is 0. The van der Waals surface area contributed by atoms with Crippen LogP contribution in [0.2, 0.25) is 0 Å². The summed E-state index contributed by atoms with van der Waals surface area (Å²) in [5.41, 5.74) is 4.28. The number of benzene rings is 2. The second-order valence-electron chi connectivity index (χ2n) is 6.84. The minimum atomic E-state index is -0.350. The van der Waals surface area contributed by atoms with Crippen LogP contribution in [0.5, 0.6) is 0 Å². The van der Waals surface area contributed by atoms with Gasteiger partial charge in [0.1, 0.15) is 6.33 Å². The van der Waals surface area contributed by atoms with E-state index in [0.717, 1.165) is 22.4 Å². The molecular formula is C21H20N6O2. The molecule has 8 nitrogen and oxygen atoms in total. The van der Waals surface area contributed by atoms with Gasteiger partial charge in [-0.2, -0.15) is 0 Å². The molecule has 146 valence electrons. The van der Waals surface area contributed by atoms with Gasteiger partial charge in [0.05, 0.1) is 18.2 Å². The molecule has 0 aliphatic carbocycles. The fraction of sp³-hybridized carbons (Fsp3) is 0.190. The van der Waals surface area contributed by atoms with Gasteiger partial charge >= 0.3 is 0 Å². The first-order valence-corrected chi connectivity index (χ1v) is 9.23. The molecule has 29 heavy (non-hydrogen) atoms. The Morgan fingerprint density at radius 1 is 1.14 bits per heavy atom. The van der Waals surface area contributed by atoms with Crippen molar-refractivity contribution in [2.24, 2.45) is 0 Å². The number of carbonyl (C=O) groups excluding carboxylic acids is 2. The van der Waals surface area contributed by atoms with Gasteiger partial charge in [0, 0.05) is 18.8 Å². The van der Waals surface area contributed by atoms with E-state index in [1.54, 1.807) is 15.8 Å². The lowest BCUT2D eigenvalue weighted by atomic mass is 9.93. The van der Waals surface area contributed by atoms with Crippen molar-refractivity contribution in [2.75, 3.05) is 5.32 Å². The third-order valence-electron chi connectivity index (χ3n) is 5.02. The third kappa shape index (κ3) is 3.64. The normalized spacial score (nSPS) is 15.1. The summed E-state index contributed by atoms with van der Waals surface area (Å²) in [6.07, 6.45) is 5.29. The van der Waals surface area contributed by atoms with Crippen LogP contribution >= 0.6 is 0 Å². The lowest BCUT2D eigenvalue weighted by molar-refractivity contribution is -0.129. The number of tetrazole rings is 1. The van der Waals surface area contributed by atoms with E-state index in [-0.39, 0.29) is 24.3 Å². The molecule has 0 radical (unpaired) electrons. The minimum absolute atomic E-state index is 0.106. The third-order valence-corrected chi connectivity index (χ3v) is 5.02. The Hall–Kier alpha value is -3.81. The average molecular weight is 388 g/mol. The van der Waals surface area contributed by atoms with Crippen molar-refractivity contribution in [3.05, 3.63) is 71.7 Å². The Labute approximate surface area is 167 Å². The highest BCUT2D eigenvalue weighted by Crippen LogP contribution is 2.33. The molecular weight excluding hydrogens is 368 g/mol. The summed E-state index contributed by atoms with van der Waals surface area (Å²) in [6.45, 7) is 3.40. The van der Waals surface area contributed by atoms with Crippen molar-refractivity contribution in [3.63, 3.8) is 0 Å². The molecule has 1 aromatic heterocycles. The van der Waals surface area contributed by atoms with Crippen LogP contribution < -0.4 is 5.32 Å². The van der Waals surface area contributed by atoms with Gasteiger partial charge < -0.3 is 10.2 Å². The smallest absolute Gasteiger partial charge is 0.226 e. The predicted octanol–water partition coefficient (Wildman–Crippen LogP) is 2.87. The lowest BCUT2D eigenvalue weighted by Gasteiger charge is -2.32. The van der Waals surface area contributed by atoms with Gasteiger partial charge in [-0.15, -0.1) is 5.10 Å². The molecule has 2 amide bonds. The molecule has 0 unspecified atom stereocenters. The van der Waals surface area contributed by atoms with Gasteiger partial charge in [-0.1, -0.05) is 30.3 Å². The molecule has 1 N–H and O–H groups in total. The molecule has 0 bridgehead atoms. The number of hydrogen-bond donors (Lipinski definition) is 1. The Kier molecular flexibility index (Phi) is 4.90. The summed E-state index contributed by atoms with van der Waals surface area (Å²) in [6, 6.07) is 13.0. The van der Waals surface area contributed by atoms with Crippen molar-refractivity contribution in [1.82, 2.24) is 25.1 Å². The molecule has 8 heteroatoms. The SMILES string of the molecule is CC(=O)N1C=Cc2ccccc2[C@H]1CC(=O)Nc1cccc(-n2cnnn2)c1C. The highest BCUT2D eigenvalue weighted by Gasteiger charge is 2.28. The van der Waals surface area contributed by atoms with Crippen LogP contribution in [0.1, 0.15) is 36.1 Å². The topological polar surface area (TPSA) is 93.0 Å². The quantitative estimate of drug-likeness (QED) is 0.742. The summed E-state index contributed by atoms with van der Waals surface area (Å²) < 4.78 is 1.55. The zero-order valence-corrected chi connectivity index (χ0v) is 16.1. The number of nitrogens with zero attached hydrogens (tertiary/aromatic N) is 5. The second kappa shape index (κ2) is 7.67. The first kappa shape index (κ1) is 18.5. The molecule has 2 heterocycles. The summed E-state index contributed by atoms with van der Waals surface area (Å²) in [5.74, 6) is -0.284. The molecule has 1 atom stereocenters. The molecule has 4 rings (SSSR count). The van der Waals surface area contributed by atoms with Crippen molar-refractivity contribution in [3.8, 4) is 5.69 Å². The van der Waals surface area contributed by atoms with E-state index in [0.29, 0.717) is 5.69 Å². The van der Waals surface area contributed by atoms with Gasteiger partial charge in [0.2, 0.25) is 11.8 Å². The van der Waals surface area contributed by atoms with Crippen LogP contribution in [0.3, 0.4) is 0 Å². The second-order valence-corrected chi connectivity index (χ2v) is 6.84. The maximum atomic E-state index is 12.9. The number of anilines is 1. The zero-order valence-electron chi connectivity index (χ0n) is 16.1. The monoisotopic (exact) mass is 388 g/mol. The molecule has 3 aromatic rings. The van der Waals surface area contributed by atoms with Gasteiger partial charge in [-0.3, -0.25) is 9.59 Å². The van der Waals surface area contributed by atoms with E-state index in [1.165, 1.54) is 13.3 Å². The van der Waals surface area contributed by atoms with E-state index < -0.39 is 0 Å². The maximum Gasteiger partial charge on any atom is 0.226 e. The molecule has 0 fully saturated rings. The van der Waals surface area contributed by atoms with Crippen LogP contribution in [0.25, 0.3) is 11.8 Å². The van der Waals surface area contributed by atoms with Crippen LogP contribution in [0.15, 0.2) is 55.0 Å². The van der Waals surface area contributed by atoms with E-state index in [4.69, 9.17) is 0 Å². The van der Waals surface area contributed by atoms with Gasteiger partial charge in [-0.05, 0) is 52.2 Å². The highest BCUT2D eigenvalue weighted by molar-refractivity contribution is 5.93. The average Bonchev–Trinajstić information content (AvgIpc) is 3.24. The van der Waals surface area contributed by atoms with Gasteiger partial charge in [-0.25, -0.2) is 4.68 Å². The number of amides is 2. The standard InChI is InChI=1S/C21H20N6O2/c1-14-18(8-5-9-19(14)27-13-22-24-25-27)23-21(29)12-20-17-7-4-3-6-16(17)10-11-26(20)15(2)28/h3-11,13,20H,12H2,1-2H3,(H,23,29)/t20-/m1/s1. The Balaban J connectivity index is 1.57. The lowest BCUT2D eigenvalue weighted by Crippen LogP contribution is -2.33. The van der Waals surface area contributed by atoms with Crippen molar-refractivity contribution in [1.29, 1.82) is 0 Å². The van der Waals surface area contributed by atoms with Crippen LogP contribution in [-0.2, 0) is 9.59 Å².